The van der Waals surface area contributed by atoms with E-state index in [2.05, 4.69) is 0 Å². The number of benzene rings is 1. The third kappa shape index (κ3) is 9.43. The minimum absolute atomic E-state index is 0.593. The average molecular weight is 955 g/mol. The fourth-order valence-corrected chi connectivity index (χ4v) is 14.0. The van der Waals surface area contributed by atoms with Gasteiger partial charge in [0.1, 0.15) is 0 Å². The number of rotatable bonds is 12. The molecule has 54 heavy (non-hydrogen) atoms. The van der Waals surface area contributed by atoms with E-state index >= 15 is 0 Å². The molecule has 0 fully saturated rings. The molecule has 0 aromatic heterocycles. The van der Waals surface area contributed by atoms with Gasteiger partial charge >= 0.3 is 33.0 Å². The topological polar surface area (TPSA) is 205 Å². The highest BCUT2D eigenvalue weighted by molar-refractivity contribution is 8.10. The Balaban J connectivity index is 4.58. The van der Waals surface area contributed by atoms with Crippen LogP contribution in [0.25, 0.3) is 0 Å². The third-order valence-corrected chi connectivity index (χ3v) is 19.9. The fraction of sp³-hybridized carbons (Fsp3) is 0.667. The lowest BCUT2D eigenvalue weighted by atomic mass is 10.0. The summed E-state index contributed by atoms with van der Waals surface area (Å²) >= 11 is 0. The van der Waals surface area contributed by atoms with Crippen LogP contribution in [0.3, 0.4) is 0 Å². The van der Waals surface area contributed by atoms with Crippen LogP contribution in [0, 0.1) is 0 Å². The molecule has 1 aromatic rings. The van der Waals surface area contributed by atoms with Gasteiger partial charge in [-0.1, -0.05) is 18.2 Å². The van der Waals surface area contributed by atoms with E-state index in [1.807, 2.05) is 0 Å². The molecular weight excluding hydrogens is 943 g/mol. The van der Waals surface area contributed by atoms with Crippen molar-refractivity contribution in [3.8, 4) is 0 Å². The maximum Gasteiger partial charge on any atom is 0.498 e. The summed E-state index contributed by atoms with van der Waals surface area (Å²) in [6.07, 6.45) is -9.01. The summed E-state index contributed by atoms with van der Waals surface area (Å²) in [6.45, 7) is 0. The van der Waals surface area contributed by atoms with E-state index in [4.69, 9.17) is 0 Å². The Kier molecular flexibility index (Phi) is 13.1. The second kappa shape index (κ2) is 14.2. The van der Waals surface area contributed by atoms with Crippen LogP contribution in [-0.4, -0.2) is 97.3 Å². The molecule has 0 atom stereocenters. The second-order valence-electron chi connectivity index (χ2n) is 10.0. The van der Waals surface area contributed by atoms with Gasteiger partial charge in [-0.3, -0.25) is 0 Å². The number of halogens is 18. The van der Waals surface area contributed by atoms with Crippen molar-refractivity contribution in [3.63, 3.8) is 0 Å². The van der Waals surface area contributed by atoms with Crippen molar-refractivity contribution >= 4 is 59.0 Å². The normalized spacial score (nSPS) is 15.7. The van der Waals surface area contributed by atoms with Gasteiger partial charge in [0.05, 0.1) is 0 Å². The quantitative estimate of drug-likeness (QED) is 0.274. The molecule has 1 aromatic carbocycles. The van der Waals surface area contributed by atoms with E-state index in [9.17, 15) is 130 Å². The molecule has 318 valence electrons. The van der Waals surface area contributed by atoms with Crippen LogP contribution in [0.15, 0.2) is 18.2 Å². The minimum Gasteiger partial charge on any atom is -0.218 e. The molecule has 0 heterocycles. The van der Waals surface area contributed by atoms with Crippen LogP contribution in [0.5, 0.6) is 0 Å². The molecule has 0 aliphatic rings. The molecule has 0 unspecified atom stereocenters. The molecular formula is C18H12F18O12S6. The van der Waals surface area contributed by atoms with Crippen LogP contribution in [0.4, 0.5) is 79.0 Å². The molecule has 0 N–H and O–H groups in total. The van der Waals surface area contributed by atoms with E-state index in [0.29, 0.717) is 0 Å². The summed E-state index contributed by atoms with van der Waals surface area (Å²) in [5, 5.41) is 0. The van der Waals surface area contributed by atoms with Gasteiger partial charge in [-0.05, 0) is 16.7 Å². The van der Waals surface area contributed by atoms with Gasteiger partial charge in [0.15, 0.2) is 13.7 Å². The van der Waals surface area contributed by atoms with E-state index in [1.165, 1.54) is 0 Å². The van der Waals surface area contributed by atoms with E-state index in [0.717, 1.165) is 0 Å². The zero-order valence-corrected chi connectivity index (χ0v) is 29.1. The smallest absolute Gasteiger partial charge is 0.218 e. The maximum absolute atomic E-state index is 13.3. The Bertz CT molecular complexity index is 1860. The molecule has 0 spiro atoms. The van der Waals surface area contributed by atoms with Gasteiger partial charge < -0.3 is 0 Å². The van der Waals surface area contributed by atoms with Gasteiger partial charge in [-0.2, -0.15) is 79.0 Å². The largest absolute Gasteiger partial charge is 0.498 e. The molecule has 0 saturated carbocycles. The molecule has 1 rings (SSSR count). The Morgan fingerprint density at radius 2 is 0.407 bits per heavy atom. The van der Waals surface area contributed by atoms with Gasteiger partial charge in [0.2, 0.25) is 0 Å². The summed E-state index contributed by atoms with van der Waals surface area (Å²) in [7, 11) is -46.8. The molecule has 0 amide bonds. The first-order valence-electron chi connectivity index (χ1n) is 12.1. The average Bonchev–Trinajstić information content (AvgIpc) is 2.89. The fourth-order valence-electron chi connectivity index (χ4n) is 3.82. The molecule has 0 saturated heterocycles. The molecule has 0 radical (unpaired) electrons. The first-order valence-corrected chi connectivity index (χ1v) is 21.3. The van der Waals surface area contributed by atoms with Crippen molar-refractivity contribution in [2.75, 3.05) is 0 Å². The number of hydrogen-bond acceptors (Lipinski definition) is 12. The maximum atomic E-state index is 13.3. The highest BCUT2D eigenvalue weighted by atomic mass is 32.3. The van der Waals surface area contributed by atoms with E-state index < -0.39 is 160 Å². The van der Waals surface area contributed by atoms with Crippen molar-refractivity contribution in [1.82, 2.24) is 0 Å². The number of sulfone groups is 6. The Morgan fingerprint density at radius 1 is 0.296 bits per heavy atom. The van der Waals surface area contributed by atoms with Crippen molar-refractivity contribution < 1.29 is 130 Å². The third-order valence-electron chi connectivity index (χ3n) is 6.33. The summed E-state index contributed by atoms with van der Waals surface area (Å²) in [4.78, 5) is 0. The van der Waals surface area contributed by atoms with E-state index in [-0.39, 0.29) is 0 Å². The zero-order chi connectivity index (χ0) is 43.7. The molecule has 0 aliphatic heterocycles. The SMILES string of the molecule is O=S(=O)(C(Cc1cc(CC(S(=O)(=O)C(F)(F)F)S(=O)(=O)C(F)(F)F)cc(CC(S(=O)(=O)C(F)(F)F)S(=O)(=O)C(F)(F)F)c1)S(=O)(=O)C(F)(F)F)C(F)(F)F. The highest BCUT2D eigenvalue weighted by Crippen LogP contribution is 2.42. The predicted molar refractivity (Wildman–Crippen MR) is 139 cm³/mol. The van der Waals surface area contributed by atoms with Crippen molar-refractivity contribution in [2.45, 2.75) is 66.1 Å². The number of alkyl halides is 18. The minimum atomic E-state index is -7.81. The lowest BCUT2D eigenvalue weighted by molar-refractivity contribution is -0.0483. The van der Waals surface area contributed by atoms with Gasteiger partial charge in [0, 0.05) is 19.3 Å². The van der Waals surface area contributed by atoms with Gasteiger partial charge in [-0.25, -0.2) is 50.5 Å². The molecule has 0 aliphatic carbocycles. The van der Waals surface area contributed by atoms with E-state index in [1.54, 1.807) is 0 Å². The van der Waals surface area contributed by atoms with Crippen molar-refractivity contribution in [2.24, 2.45) is 0 Å². The molecule has 12 nitrogen and oxygen atoms in total. The number of hydrogen-bond donors (Lipinski definition) is 0. The predicted octanol–water partition coefficient (Wildman–Crippen LogP) is 3.90. The van der Waals surface area contributed by atoms with Crippen LogP contribution in [-0.2, 0) is 78.3 Å². The molecule has 36 heteroatoms. The summed E-state index contributed by atoms with van der Waals surface area (Å²) < 4.78 is 367. The standard InChI is InChI=1S/C18H12F18O12S6/c19-13(20,21)49(37,38)10(50(39,40)14(22,23)24)4-7-1-8(5-11(51(41,42)15(25,26)27)52(43,44)16(28,29)30)3-9(2-7)6-12(53(45,46)17(31,32)33)54(47,48)18(34,35)36/h1-3,10-12H,4-6H2. The Labute approximate surface area is 289 Å². The zero-order valence-electron chi connectivity index (χ0n) is 24.2. The second-order valence-corrected chi connectivity index (χ2v) is 23.6. The lowest BCUT2D eigenvalue weighted by Crippen LogP contribution is -2.46. The first kappa shape index (κ1) is 49.7. The van der Waals surface area contributed by atoms with Crippen LogP contribution < -0.4 is 0 Å². The first-order chi connectivity index (χ1) is 23.1. The monoisotopic (exact) mass is 954 g/mol. The van der Waals surface area contributed by atoms with Crippen molar-refractivity contribution in [1.29, 1.82) is 0 Å². The Morgan fingerprint density at radius 3 is 0.500 bits per heavy atom. The summed E-state index contributed by atoms with van der Waals surface area (Å²) in [6, 6.07) is -1.78. The van der Waals surface area contributed by atoms with Crippen LogP contribution in [0.2, 0.25) is 0 Å². The highest BCUT2D eigenvalue weighted by Gasteiger charge is 2.65. The summed E-state index contributed by atoms with van der Waals surface area (Å²) in [5.74, 6) is 0. The van der Waals surface area contributed by atoms with Crippen molar-refractivity contribution in [3.05, 3.63) is 34.9 Å². The van der Waals surface area contributed by atoms with Crippen LogP contribution >= 0.6 is 0 Å². The van der Waals surface area contributed by atoms with Crippen LogP contribution in [0.1, 0.15) is 16.7 Å². The van der Waals surface area contributed by atoms with Gasteiger partial charge in [-0.15, -0.1) is 0 Å². The molecule has 0 bridgehead atoms. The Hall–Kier alpha value is -2.34. The lowest BCUT2D eigenvalue weighted by Gasteiger charge is -2.24. The van der Waals surface area contributed by atoms with Gasteiger partial charge in [0.25, 0.3) is 59.0 Å². The summed E-state index contributed by atoms with van der Waals surface area (Å²) in [5.41, 5.74) is -48.7.